The Morgan fingerprint density at radius 1 is 1.10 bits per heavy atom. The van der Waals surface area contributed by atoms with E-state index < -0.39 is 0 Å². The van der Waals surface area contributed by atoms with E-state index in [2.05, 4.69) is 46.8 Å². The van der Waals surface area contributed by atoms with Gasteiger partial charge in [0.15, 0.2) is 0 Å². The molecule has 2 fully saturated rings. The molecule has 2 aromatic rings. The summed E-state index contributed by atoms with van der Waals surface area (Å²) in [6.45, 7) is 14.5. The van der Waals surface area contributed by atoms with Crippen molar-refractivity contribution in [1.29, 1.82) is 0 Å². The molecular weight excluding hydrogens is 396 g/mol. The number of rotatable bonds is 7. The molecule has 2 aliphatic rings. The first-order chi connectivity index (χ1) is 14.4. The van der Waals surface area contributed by atoms with Gasteiger partial charge in [0.1, 0.15) is 16.6 Å². The molecule has 0 radical (unpaired) electrons. The van der Waals surface area contributed by atoms with E-state index >= 15 is 0 Å². The Morgan fingerprint density at radius 2 is 1.87 bits per heavy atom. The first-order valence-corrected chi connectivity index (χ1v) is 12.0. The lowest BCUT2D eigenvalue weighted by Crippen LogP contribution is -2.47. The van der Waals surface area contributed by atoms with Crippen LogP contribution in [0.4, 0.5) is 5.82 Å². The molecule has 1 saturated heterocycles. The zero-order valence-corrected chi connectivity index (χ0v) is 19.5. The third kappa shape index (κ3) is 5.27. The minimum Gasteiger partial charge on any atom is -0.469 e. The van der Waals surface area contributed by atoms with Crippen molar-refractivity contribution in [3.8, 4) is 5.19 Å². The van der Waals surface area contributed by atoms with Crippen LogP contribution in [0.5, 0.6) is 5.19 Å². The average molecular weight is 431 g/mol. The molecule has 0 bridgehead atoms. The van der Waals surface area contributed by atoms with Gasteiger partial charge in [0.2, 0.25) is 0 Å². The summed E-state index contributed by atoms with van der Waals surface area (Å²) in [6, 6.07) is 2.26. The van der Waals surface area contributed by atoms with Crippen LogP contribution in [0.15, 0.2) is 6.07 Å². The minimum atomic E-state index is -0.0260. The fourth-order valence-electron chi connectivity index (χ4n) is 3.85. The third-order valence-electron chi connectivity index (χ3n) is 5.97. The largest absolute Gasteiger partial charge is 0.469 e. The molecule has 30 heavy (non-hydrogen) atoms. The van der Waals surface area contributed by atoms with E-state index in [9.17, 15) is 0 Å². The van der Waals surface area contributed by atoms with Gasteiger partial charge in [-0.2, -0.15) is 0 Å². The molecule has 0 unspecified atom stereocenters. The van der Waals surface area contributed by atoms with E-state index in [0.29, 0.717) is 17.7 Å². The Morgan fingerprint density at radius 3 is 2.47 bits per heavy atom. The molecule has 7 nitrogen and oxygen atoms in total. The molecular formula is C22H34N6OS. The SMILES string of the molecule is Cc1nnc(OCCCN2CCN(c3cc(C4CCC4)nc(C(C)(C)C)n3)CC2)s1. The summed E-state index contributed by atoms with van der Waals surface area (Å²) >= 11 is 1.51. The number of aryl methyl sites for hydroxylation is 1. The lowest BCUT2D eigenvalue weighted by molar-refractivity contribution is 0.223. The smallest absolute Gasteiger partial charge is 0.294 e. The van der Waals surface area contributed by atoms with Crippen molar-refractivity contribution in [1.82, 2.24) is 25.1 Å². The van der Waals surface area contributed by atoms with Gasteiger partial charge >= 0.3 is 0 Å². The van der Waals surface area contributed by atoms with Crippen molar-refractivity contribution in [2.24, 2.45) is 0 Å². The molecule has 0 N–H and O–H groups in total. The second kappa shape index (κ2) is 9.14. The Hall–Kier alpha value is -1.80. The van der Waals surface area contributed by atoms with E-state index in [1.54, 1.807) is 0 Å². The van der Waals surface area contributed by atoms with Crippen LogP contribution in [0.1, 0.15) is 68.9 Å². The van der Waals surface area contributed by atoms with Gasteiger partial charge in [0, 0.05) is 55.8 Å². The fraction of sp³-hybridized carbons (Fsp3) is 0.727. The van der Waals surface area contributed by atoms with Crippen molar-refractivity contribution < 1.29 is 4.74 Å². The molecule has 1 aliphatic carbocycles. The van der Waals surface area contributed by atoms with E-state index in [4.69, 9.17) is 14.7 Å². The Balaban J connectivity index is 1.30. The van der Waals surface area contributed by atoms with Gasteiger partial charge in [-0.05, 0) is 26.2 Å². The maximum absolute atomic E-state index is 5.70. The molecule has 0 aromatic carbocycles. The number of nitrogens with zero attached hydrogens (tertiary/aromatic N) is 6. The standard InChI is InChI=1S/C22H34N6OS/c1-16-25-26-21(30-16)29-14-6-9-27-10-12-28(13-11-27)19-15-18(17-7-5-8-17)23-20(24-19)22(2,3)4/h15,17H,5-14H2,1-4H3. The summed E-state index contributed by atoms with van der Waals surface area (Å²) in [7, 11) is 0. The lowest BCUT2D eigenvalue weighted by atomic mass is 9.82. The third-order valence-corrected chi connectivity index (χ3v) is 6.73. The van der Waals surface area contributed by atoms with Crippen molar-refractivity contribution in [3.05, 3.63) is 22.6 Å². The number of anilines is 1. The van der Waals surface area contributed by atoms with Crippen LogP contribution in [0.25, 0.3) is 0 Å². The first-order valence-electron chi connectivity index (χ1n) is 11.2. The van der Waals surface area contributed by atoms with Gasteiger partial charge < -0.3 is 9.64 Å². The number of hydrogen-bond donors (Lipinski definition) is 0. The number of hydrogen-bond acceptors (Lipinski definition) is 8. The van der Waals surface area contributed by atoms with Gasteiger partial charge in [-0.3, -0.25) is 4.90 Å². The van der Waals surface area contributed by atoms with E-state index in [0.717, 1.165) is 55.8 Å². The molecule has 0 amide bonds. The maximum atomic E-state index is 5.70. The van der Waals surface area contributed by atoms with Gasteiger partial charge in [-0.25, -0.2) is 9.97 Å². The van der Waals surface area contributed by atoms with Crippen molar-refractivity contribution in [2.45, 2.75) is 64.7 Å². The fourth-order valence-corrected chi connectivity index (χ4v) is 4.41. The molecule has 3 heterocycles. The van der Waals surface area contributed by atoms with Crippen LogP contribution in [0, 0.1) is 6.92 Å². The number of ether oxygens (including phenoxy) is 1. The van der Waals surface area contributed by atoms with Crippen molar-refractivity contribution in [2.75, 3.05) is 44.2 Å². The average Bonchev–Trinajstić information content (AvgIpc) is 3.09. The number of aromatic nitrogens is 4. The Bertz CT molecular complexity index is 836. The maximum Gasteiger partial charge on any atom is 0.294 e. The summed E-state index contributed by atoms with van der Waals surface area (Å²) in [5.74, 6) is 2.73. The second-order valence-electron chi connectivity index (χ2n) is 9.47. The molecule has 4 rings (SSSR count). The highest BCUT2D eigenvalue weighted by molar-refractivity contribution is 7.12. The predicted octanol–water partition coefficient (Wildman–Crippen LogP) is 3.79. The summed E-state index contributed by atoms with van der Waals surface area (Å²) in [6.07, 6.45) is 4.88. The van der Waals surface area contributed by atoms with Crippen LogP contribution < -0.4 is 9.64 Å². The van der Waals surface area contributed by atoms with E-state index in [1.807, 2.05) is 6.92 Å². The van der Waals surface area contributed by atoms with Crippen molar-refractivity contribution in [3.63, 3.8) is 0 Å². The quantitative estimate of drug-likeness (QED) is 0.619. The zero-order chi connectivity index (χ0) is 21.1. The van der Waals surface area contributed by atoms with Crippen LogP contribution >= 0.6 is 11.3 Å². The first kappa shape index (κ1) is 21.4. The molecule has 8 heteroatoms. The Labute approximate surface area is 183 Å². The summed E-state index contributed by atoms with van der Waals surface area (Å²) in [4.78, 5) is 14.9. The molecule has 1 saturated carbocycles. The topological polar surface area (TPSA) is 67.3 Å². The molecule has 164 valence electrons. The predicted molar refractivity (Wildman–Crippen MR) is 121 cm³/mol. The molecule has 0 spiro atoms. The molecule has 0 atom stereocenters. The van der Waals surface area contributed by atoms with Crippen LogP contribution in [-0.4, -0.2) is 64.4 Å². The van der Waals surface area contributed by atoms with Crippen LogP contribution in [0.2, 0.25) is 0 Å². The van der Waals surface area contributed by atoms with Gasteiger partial charge in [-0.15, -0.1) is 10.2 Å². The van der Waals surface area contributed by atoms with Crippen LogP contribution in [-0.2, 0) is 5.41 Å². The lowest BCUT2D eigenvalue weighted by Gasteiger charge is -2.36. The Kier molecular flexibility index (Phi) is 6.53. The van der Waals surface area contributed by atoms with Crippen LogP contribution in [0.3, 0.4) is 0 Å². The molecule has 2 aromatic heterocycles. The van der Waals surface area contributed by atoms with Gasteiger partial charge in [-0.1, -0.05) is 38.5 Å². The number of piperazine rings is 1. The van der Waals surface area contributed by atoms with Gasteiger partial charge in [0.25, 0.3) is 5.19 Å². The summed E-state index contributed by atoms with van der Waals surface area (Å²) in [5.41, 5.74) is 1.23. The highest BCUT2D eigenvalue weighted by Gasteiger charge is 2.27. The highest BCUT2D eigenvalue weighted by Crippen LogP contribution is 2.37. The minimum absolute atomic E-state index is 0.0260. The monoisotopic (exact) mass is 430 g/mol. The summed E-state index contributed by atoms with van der Waals surface area (Å²) < 4.78 is 5.70. The van der Waals surface area contributed by atoms with Gasteiger partial charge in [0.05, 0.1) is 6.61 Å². The summed E-state index contributed by atoms with van der Waals surface area (Å²) in [5, 5.41) is 9.62. The molecule has 1 aliphatic heterocycles. The highest BCUT2D eigenvalue weighted by atomic mass is 32.1. The van der Waals surface area contributed by atoms with E-state index in [1.165, 1.54) is 36.3 Å². The zero-order valence-electron chi connectivity index (χ0n) is 18.7. The van der Waals surface area contributed by atoms with E-state index in [-0.39, 0.29) is 5.41 Å². The normalized spacial score (nSPS) is 18.5. The second-order valence-corrected chi connectivity index (χ2v) is 10.6. The van der Waals surface area contributed by atoms with Crippen molar-refractivity contribution >= 4 is 17.2 Å².